The third-order valence-electron chi connectivity index (χ3n) is 3.00. The summed E-state index contributed by atoms with van der Waals surface area (Å²) < 4.78 is 4.94. The van der Waals surface area contributed by atoms with Crippen LogP contribution in [0.4, 0.5) is 0 Å². The fraction of sp³-hybridized carbons (Fsp3) is 0.462. The molecule has 0 saturated carbocycles. The maximum atomic E-state index is 11.6. The number of hydrogen-bond acceptors (Lipinski definition) is 6. The van der Waals surface area contributed by atoms with Crippen molar-refractivity contribution in [2.45, 2.75) is 6.42 Å². The molecular weight excluding hydrogens is 252 g/mol. The second-order valence-electron chi connectivity index (χ2n) is 4.38. The number of aliphatic hydroxyl groups is 3. The van der Waals surface area contributed by atoms with Crippen LogP contribution < -0.4 is 0 Å². The minimum Gasteiger partial charge on any atom is -0.507 e. The van der Waals surface area contributed by atoms with E-state index in [2.05, 4.69) is 0 Å². The molecule has 0 aromatic heterocycles. The van der Waals surface area contributed by atoms with Crippen LogP contribution in [0.2, 0.25) is 0 Å². The molecular formula is C13H18O6. The molecule has 6 nitrogen and oxygen atoms in total. The van der Waals surface area contributed by atoms with Crippen molar-refractivity contribution in [1.29, 1.82) is 0 Å². The topological polar surface area (TPSA) is 107 Å². The molecule has 0 aliphatic heterocycles. The van der Waals surface area contributed by atoms with Crippen LogP contribution in [0.1, 0.15) is 16.8 Å². The van der Waals surface area contributed by atoms with Crippen LogP contribution in [-0.2, 0) is 4.74 Å². The zero-order valence-corrected chi connectivity index (χ0v) is 10.5. The third-order valence-corrected chi connectivity index (χ3v) is 3.00. The predicted molar refractivity (Wildman–Crippen MR) is 66.7 cm³/mol. The lowest BCUT2D eigenvalue weighted by Crippen LogP contribution is -2.35. The maximum absolute atomic E-state index is 11.6. The largest absolute Gasteiger partial charge is 0.507 e. The molecule has 0 unspecified atom stereocenters. The molecule has 0 fully saturated rings. The normalized spacial score (nSPS) is 11.3. The SMILES string of the molecule is O=C(OCCC(CO)(CO)CO)c1ccccc1O. The average Bonchev–Trinajstić information content (AvgIpc) is 2.44. The van der Waals surface area contributed by atoms with Gasteiger partial charge in [-0.15, -0.1) is 0 Å². The number of benzene rings is 1. The van der Waals surface area contributed by atoms with Gasteiger partial charge in [-0.25, -0.2) is 4.79 Å². The summed E-state index contributed by atoms with van der Waals surface area (Å²) in [6, 6.07) is 5.97. The van der Waals surface area contributed by atoms with Crippen molar-refractivity contribution in [2.75, 3.05) is 26.4 Å². The van der Waals surface area contributed by atoms with Crippen molar-refractivity contribution in [3.05, 3.63) is 29.8 Å². The first-order valence-corrected chi connectivity index (χ1v) is 5.86. The molecule has 0 atom stereocenters. The van der Waals surface area contributed by atoms with Crippen LogP contribution in [0.5, 0.6) is 5.75 Å². The van der Waals surface area contributed by atoms with Crippen molar-refractivity contribution in [3.8, 4) is 5.75 Å². The molecule has 0 bridgehead atoms. The molecule has 1 rings (SSSR count). The summed E-state index contributed by atoms with van der Waals surface area (Å²) in [4.78, 5) is 11.6. The summed E-state index contributed by atoms with van der Waals surface area (Å²) in [5, 5.41) is 36.8. The second-order valence-corrected chi connectivity index (χ2v) is 4.38. The van der Waals surface area contributed by atoms with E-state index in [-0.39, 0.29) is 24.3 Å². The molecule has 4 N–H and O–H groups in total. The molecule has 0 spiro atoms. The molecule has 0 heterocycles. The van der Waals surface area contributed by atoms with Crippen molar-refractivity contribution in [2.24, 2.45) is 5.41 Å². The summed E-state index contributed by atoms with van der Waals surface area (Å²) in [7, 11) is 0. The first-order chi connectivity index (χ1) is 9.08. The fourth-order valence-electron chi connectivity index (χ4n) is 1.47. The van der Waals surface area contributed by atoms with E-state index >= 15 is 0 Å². The van der Waals surface area contributed by atoms with Crippen molar-refractivity contribution >= 4 is 5.97 Å². The highest BCUT2D eigenvalue weighted by atomic mass is 16.5. The Kier molecular flexibility index (Phi) is 5.75. The van der Waals surface area contributed by atoms with E-state index in [1.165, 1.54) is 12.1 Å². The van der Waals surface area contributed by atoms with Gasteiger partial charge in [0.15, 0.2) is 0 Å². The van der Waals surface area contributed by atoms with Gasteiger partial charge in [0.05, 0.1) is 26.4 Å². The van der Waals surface area contributed by atoms with Crippen LogP contribution in [0.3, 0.4) is 0 Å². The highest BCUT2D eigenvalue weighted by Gasteiger charge is 2.28. The first kappa shape index (κ1) is 15.4. The van der Waals surface area contributed by atoms with Gasteiger partial charge in [0.25, 0.3) is 0 Å². The van der Waals surface area contributed by atoms with Gasteiger partial charge in [-0.2, -0.15) is 0 Å². The summed E-state index contributed by atoms with van der Waals surface area (Å²) in [5.74, 6) is -0.869. The molecule has 106 valence electrons. The van der Waals surface area contributed by atoms with E-state index in [1.807, 2.05) is 0 Å². The number of ether oxygens (including phenoxy) is 1. The number of rotatable bonds is 7. The molecule has 0 radical (unpaired) electrons. The van der Waals surface area contributed by atoms with Gasteiger partial charge in [0, 0.05) is 5.41 Å². The lowest BCUT2D eigenvalue weighted by Gasteiger charge is -2.26. The number of phenolic OH excluding ortho intramolecular Hbond substituents is 1. The van der Waals surface area contributed by atoms with Crippen LogP contribution in [0.15, 0.2) is 24.3 Å². The highest BCUT2D eigenvalue weighted by Crippen LogP contribution is 2.21. The Balaban J connectivity index is 2.54. The molecule has 0 saturated heterocycles. The van der Waals surface area contributed by atoms with Gasteiger partial charge in [-0.1, -0.05) is 12.1 Å². The van der Waals surface area contributed by atoms with Crippen molar-refractivity contribution in [1.82, 2.24) is 0 Å². The Morgan fingerprint density at radius 3 is 2.21 bits per heavy atom. The summed E-state index contributed by atoms with van der Waals surface area (Å²) >= 11 is 0. The Morgan fingerprint density at radius 2 is 1.68 bits per heavy atom. The predicted octanol–water partition coefficient (Wildman–Crippen LogP) is -0.0976. The van der Waals surface area contributed by atoms with Gasteiger partial charge in [0.1, 0.15) is 11.3 Å². The number of aromatic hydroxyl groups is 1. The molecule has 1 aromatic rings. The fourth-order valence-corrected chi connectivity index (χ4v) is 1.47. The number of carbonyl (C=O) groups excluding carboxylic acids is 1. The van der Waals surface area contributed by atoms with Gasteiger partial charge < -0.3 is 25.2 Å². The lowest BCUT2D eigenvalue weighted by atomic mass is 9.88. The second kappa shape index (κ2) is 7.08. The number of esters is 1. The quantitative estimate of drug-likeness (QED) is 0.515. The van der Waals surface area contributed by atoms with Crippen molar-refractivity contribution in [3.63, 3.8) is 0 Å². The highest BCUT2D eigenvalue weighted by molar-refractivity contribution is 5.92. The first-order valence-electron chi connectivity index (χ1n) is 5.86. The number of carbonyl (C=O) groups is 1. The summed E-state index contributed by atoms with van der Waals surface area (Å²) in [6.45, 7) is -1.30. The summed E-state index contributed by atoms with van der Waals surface area (Å²) in [6.07, 6.45) is 0.121. The number of phenols is 1. The molecule has 0 aliphatic carbocycles. The van der Waals surface area contributed by atoms with E-state index in [9.17, 15) is 9.90 Å². The monoisotopic (exact) mass is 270 g/mol. The minimum atomic E-state index is -1.07. The van der Waals surface area contributed by atoms with Crippen LogP contribution in [-0.4, -0.2) is 52.8 Å². The molecule has 19 heavy (non-hydrogen) atoms. The number of hydrogen-bond donors (Lipinski definition) is 4. The molecule has 1 aromatic carbocycles. The Labute approximate surface area is 110 Å². The minimum absolute atomic E-state index is 0.0464. The zero-order valence-electron chi connectivity index (χ0n) is 10.5. The zero-order chi connectivity index (χ0) is 14.3. The smallest absolute Gasteiger partial charge is 0.341 e. The van der Waals surface area contributed by atoms with E-state index < -0.39 is 31.2 Å². The van der Waals surface area contributed by atoms with E-state index in [0.29, 0.717) is 0 Å². The standard InChI is InChI=1S/C13H18O6/c14-7-13(8-15,9-16)5-6-19-12(18)10-3-1-2-4-11(10)17/h1-4,14-17H,5-9H2. The number of para-hydroxylation sites is 1. The van der Waals surface area contributed by atoms with Crippen LogP contribution >= 0.6 is 0 Å². The number of aliphatic hydroxyl groups excluding tert-OH is 3. The molecule has 0 amide bonds. The maximum Gasteiger partial charge on any atom is 0.341 e. The van der Waals surface area contributed by atoms with Gasteiger partial charge >= 0.3 is 5.97 Å². The third kappa shape index (κ3) is 3.92. The van der Waals surface area contributed by atoms with E-state index in [4.69, 9.17) is 20.1 Å². The Morgan fingerprint density at radius 1 is 1.11 bits per heavy atom. The average molecular weight is 270 g/mol. The lowest BCUT2D eigenvalue weighted by molar-refractivity contribution is -0.0173. The van der Waals surface area contributed by atoms with Gasteiger partial charge in [-0.05, 0) is 18.6 Å². The summed E-state index contributed by atoms with van der Waals surface area (Å²) in [5.41, 5.74) is -1.02. The van der Waals surface area contributed by atoms with Gasteiger partial charge in [0.2, 0.25) is 0 Å². The Hall–Kier alpha value is -1.63. The van der Waals surface area contributed by atoms with Crippen LogP contribution in [0, 0.1) is 5.41 Å². The molecule has 0 aliphatic rings. The van der Waals surface area contributed by atoms with Gasteiger partial charge in [-0.3, -0.25) is 0 Å². The van der Waals surface area contributed by atoms with E-state index in [1.54, 1.807) is 12.1 Å². The Bertz CT molecular complexity index is 405. The van der Waals surface area contributed by atoms with Crippen LogP contribution in [0.25, 0.3) is 0 Å². The molecule has 6 heteroatoms. The van der Waals surface area contributed by atoms with E-state index in [0.717, 1.165) is 0 Å². The van der Waals surface area contributed by atoms with Crippen molar-refractivity contribution < 1.29 is 30.0 Å².